The van der Waals surface area contributed by atoms with E-state index in [2.05, 4.69) is 5.32 Å². The van der Waals surface area contributed by atoms with Gasteiger partial charge in [-0.3, -0.25) is 9.59 Å². The van der Waals surface area contributed by atoms with Crippen molar-refractivity contribution in [2.75, 3.05) is 0 Å². The van der Waals surface area contributed by atoms with Crippen LogP contribution in [0.2, 0.25) is 0 Å². The molecule has 0 radical (unpaired) electrons. The predicted octanol–water partition coefficient (Wildman–Crippen LogP) is 3.53. The number of hydrogen-bond donors (Lipinski definition) is 2. The summed E-state index contributed by atoms with van der Waals surface area (Å²) in [7, 11) is 0. The van der Waals surface area contributed by atoms with Gasteiger partial charge in [0.15, 0.2) is 0 Å². The van der Waals surface area contributed by atoms with Gasteiger partial charge in [0.2, 0.25) is 0 Å². The second kappa shape index (κ2) is 8.93. The normalized spacial score (nSPS) is 17.4. The van der Waals surface area contributed by atoms with Gasteiger partial charge in [-0.15, -0.1) is 0 Å². The molecule has 1 aromatic heterocycles. The Morgan fingerprint density at radius 2 is 1.89 bits per heavy atom. The van der Waals surface area contributed by atoms with E-state index in [0.29, 0.717) is 18.9 Å². The lowest BCUT2D eigenvalue weighted by molar-refractivity contribution is -0.145. The number of aryl methyl sites for hydroxylation is 1. The van der Waals surface area contributed by atoms with Crippen LogP contribution < -0.4 is 10.9 Å². The molecule has 2 rings (SSSR count). The molecule has 0 spiro atoms. The summed E-state index contributed by atoms with van der Waals surface area (Å²) in [5.41, 5.74) is 0.122. The van der Waals surface area contributed by atoms with Crippen molar-refractivity contribution in [3.63, 3.8) is 0 Å². The number of nitrogens with one attached hydrogen (secondary N) is 1. The highest BCUT2D eigenvalue weighted by Gasteiger charge is 2.39. The van der Waals surface area contributed by atoms with Crippen LogP contribution in [0.5, 0.6) is 0 Å². The van der Waals surface area contributed by atoms with Gasteiger partial charge in [0.25, 0.3) is 11.5 Å². The Morgan fingerprint density at radius 1 is 1.29 bits per heavy atom. The van der Waals surface area contributed by atoms with E-state index in [0.717, 1.165) is 24.1 Å². The van der Waals surface area contributed by atoms with Crippen molar-refractivity contribution in [3.8, 4) is 0 Å². The minimum Gasteiger partial charge on any atom is -0.480 e. The van der Waals surface area contributed by atoms with Crippen molar-refractivity contribution < 1.29 is 14.7 Å². The van der Waals surface area contributed by atoms with Gasteiger partial charge in [-0.2, -0.15) is 0 Å². The molecule has 156 valence electrons. The number of carbonyl (C=O) groups is 2. The molecule has 6 heteroatoms. The Labute approximate surface area is 167 Å². The van der Waals surface area contributed by atoms with Crippen LogP contribution in [-0.2, 0) is 17.8 Å². The maximum Gasteiger partial charge on any atom is 0.329 e. The molecule has 6 nitrogen and oxygen atoms in total. The highest BCUT2D eigenvalue weighted by Crippen LogP contribution is 2.26. The lowest BCUT2D eigenvalue weighted by Crippen LogP contribution is -2.56. The highest BCUT2D eigenvalue weighted by molar-refractivity contribution is 5.97. The Hall–Kier alpha value is -2.11. The zero-order valence-electron chi connectivity index (χ0n) is 17.8. The molecule has 1 unspecified atom stereocenters. The van der Waals surface area contributed by atoms with Crippen molar-refractivity contribution in [3.05, 3.63) is 33.2 Å². The quantitative estimate of drug-likeness (QED) is 0.745. The van der Waals surface area contributed by atoms with Crippen molar-refractivity contribution in [2.45, 2.75) is 85.2 Å². The topological polar surface area (TPSA) is 88.4 Å². The number of rotatable bonds is 7. The minimum absolute atomic E-state index is 0.0265. The summed E-state index contributed by atoms with van der Waals surface area (Å²) in [4.78, 5) is 37.8. The largest absolute Gasteiger partial charge is 0.480 e. The Morgan fingerprint density at radius 3 is 2.39 bits per heavy atom. The van der Waals surface area contributed by atoms with Gasteiger partial charge in [0.1, 0.15) is 11.1 Å². The Balaban J connectivity index is 2.43. The van der Waals surface area contributed by atoms with Crippen LogP contribution in [-0.4, -0.2) is 27.1 Å². The van der Waals surface area contributed by atoms with E-state index in [4.69, 9.17) is 0 Å². The Kier molecular flexibility index (Phi) is 7.07. The first-order valence-electron chi connectivity index (χ1n) is 10.4. The minimum atomic E-state index is -1.44. The summed E-state index contributed by atoms with van der Waals surface area (Å²) >= 11 is 0. The third-order valence-corrected chi connectivity index (χ3v) is 6.33. The molecule has 2 N–H and O–H groups in total. The maximum atomic E-state index is 13.2. The number of pyridine rings is 1. The van der Waals surface area contributed by atoms with Gasteiger partial charge in [0.05, 0.1) is 0 Å². The molecule has 1 aliphatic rings. The second-order valence-electron chi connectivity index (χ2n) is 8.58. The van der Waals surface area contributed by atoms with Crippen LogP contribution in [0.1, 0.15) is 81.4 Å². The molecular formula is C22H34N2O4. The summed E-state index contributed by atoms with van der Waals surface area (Å²) < 4.78 is 1.76. The molecule has 1 saturated carbocycles. The monoisotopic (exact) mass is 390 g/mol. The molecule has 1 heterocycles. The average Bonchev–Trinajstić information content (AvgIpc) is 2.64. The maximum absolute atomic E-state index is 13.2. The van der Waals surface area contributed by atoms with Gasteiger partial charge in [0, 0.05) is 12.2 Å². The number of nitrogens with zero attached hydrogens (tertiary/aromatic N) is 1. The number of aromatic nitrogens is 1. The fraction of sp³-hybridized carbons (Fsp3) is 0.682. The summed E-state index contributed by atoms with van der Waals surface area (Å²) in [6.07, 6.45) is 6.55. The SMILES string of the molecule is CCc1c(C)cc(C(=O)NC(C)(C(=O)O)C(C)C)c(=O)n1CC1CCCCC1. The van der Waals surface area contributed by atoms with Crippen LogP contribution in [0, 0.1) is 18.8 Å². The Bertz CT molecular complexity index is 790. The van der Waals surface area contributed by atoms with E-state index in [1.54, 1.807) is 24.5 Å². The predicted molar refractivity (Wildman–Crippen MR) is 110 cm³/mol. The zero-order chi connectivity index (χ0) is 21.1. The fourth-order valence-corrected chi connectivity index (χ4v) is 4.04. The van der Waals surface area contributed by atoms with Crippen LogP contribution in [0.25, 0.3) is 0 Å². The smallest absolute Gasteiger partial charge is 0.329 e. The summed E-state index contributed by atoms with van der Waals surface area (Å²) in [5.74, 6) is -1.60. The number of carbonyl (C=O) groups excluding carboxylic acids is 1. The molecule has 0 bridgehead atoms. The number of amides is 1. The van der Waals surface area contributed by atoms with Gasteiger partial charge in [-0.05, 0) is 56.6 Å². The van der Waals surface area contributed by atoms with Gasteiger partial charge >= 0.3 is 5.97 Å². The first-order valence-corrected chi connectivity index (χ1v) is 10.4. The lowest BCUT2D eigenvalue weighted by Gasteiger charge is -2.30. The van der Waals surface area contributed by atoms with Gasteiger partial charge in [-0.25, -0.2) is 4.79 Å². The highest BCUT2D eigenvalue weighted by atomic mass is 16.4. The van der Waals surface area contributed by atoms with E-state index in [-0.39, 0.29) is 17.0 Å². The molecule has 0 aromatic carbocycles. The number of aliphatic carboxylic acids is 1. The number of carboxylic acid groups (broad SMARTS) is 1. The van der Waals surface area contributed by atoms with Crippen molar-refractivity contribution in [1.82, 2.24) is 9.88 Å². The van der Waals surface area contributed by atoms with E-state index >= 15 is 0 Å². The third-order valence-electron chi connectivity index (χ3n) is 6.33. The third kappa shape index (κ3) is 4.47. The van der Waals surface area contributed by atoms with E-state index in [1.807, 2.05) is 13.8 Å². The van der Waals surface area contributed by atoms with E-state index in [1.165, 1.54) is 26.2 Å². The van der Waals surface area contributed by atoms with E-state index < -0.39 is 17.4 Å². The number of carboxylic acids is 1. The number of hydrogen-bond acceptors (Lipinski definition) is 3. The van der Waals surface area contributed by atoms with Crippen molar-refractivity contribution in [2.24, 2.45) is 11.8 Å². The molecule has 1 aromatic rings. The van der Waals surface area contributed by atoms with Crippen molar-refractivity contribution in [1.29, 1.82) is 0 Å². The van der Waals surface area contributed by atoms with Crippen LogP contribution in [0.4, 0.5) is 0 Å². The molecule has 1 fully saturated rings. The molecule has 28 heavy (non-hydrogen) atoms. The summed E-state index contributed by atoms with van der Waals surface area (Å²) in [5, 5.41) is 12.2. The summed E-state index contributed by atoms with van der Waals surface area (Å²) in [6, 6.07) is 1.61. The van der Waals surface area contributed by atoms with Gasteiger partial charge < -0.3 is 15.0 Å². The zero-order valence-corrected chi connectivity index (χ0v) is 17.8. The lowest BCUT2D eigenvalue weighted by atomic mass is 9.88. The fourth-order valence-electron chi connectivity index (χ4n) is 4.04. The first kappa shape index (κ1) is 22.2. The van der Waals surface area contributed by atoms with Crippen LogP contribution >= 0.6 is 0 Å². The van der Waals surface area contributed by atoms with Crippen LogP contribution in [0.15, 0.2) is 10.9 Å². The molecular weight excluding hydrogens is 356 g/mol. The molecule has 1 aliphatic carbocycles. The molecule has 0 aliphatic heterocycles. The van der Waals surface area contributed by atoms with Crippen molar-refractivity contribution >= 4 is 11.9 Å². The molecule has 1 amide bonds. The van der Waals surface area contributed by atoms with Crippen LogP contribution in [0.3, 0.4) is 0 Å². The second-order valence-corrected chi connectivity index (χ2v) is 8.58. The van der Waals surface area contributed by atoms with Gasteiger partial charge in [-0.1, -0.05) is 40.0 Å². The first-order chi connectivity index (χ1) is 13.1. The molecule has 1 atom stereocenters. The molecule has 0 saturated heterocycles. The standard InChI is InChI=1S/C22H34N2O4/c1-6-18-15(4)12-17(19(25)23-22(5,14(2)3)21(27)28)20(26)24(18)13-16-10-8-7-9-11-16/h12,14,16H,6-11,13H2,1-5H3,(H,23,25)(H,27,28). The summed E-state index contributed by atoms with van der Waals surface area (Å²) in [6.45, 7) is 9.50. The van der Waals surface area contributed by atoms with E-state index in [9.17, 15) is 19.5 Å². The average molecular weight is 391 g/mol.